The second-order valence-electron chi connectivity index (χ2n) is 6.91. The van der Waals surface area contributed by atoms with Crippen LogP contribution in [-0.2, 0) is 19.3 Å². The molecule has 26 heavy (non-hydrogen) atoms. The van der Waals surface area contributed by atoms with E-state index in [9.17, 15) is 5.11 Å². The van der Waals surface area contributed by atoms with E-state index in [1.165, 1.54) is 42.4 Å². The van der Waals surface area contributed by atoms with Crippen LogP contribution in [0.4, 0.5) is 0 Å². The number of benzene rings is 2. The molecular weight excluding hydrogens is 320 g/mol. The first-order valence-corrected chi connectivity index (χ1v) is 10.2. The summed E-state index contributed by atoms with van der Waals surface area (Å²) in [7, 11) is 0. The zero-order valence-electron chi connectivity index (χ0n) is 16.8. The van der Waals surface area contributed by atoms with Crippen molar-refractivity contribution in [3.05, 3.63) is 59.2 Å². The van der Waals surface area contributed by atoms with Crippen molar-refractivity contribution in [1.29, 1.82) is 0 Å². The van der Waals surface area contributed by atoms with Gasteiger partial charge in [0.05, 0.1) is 0 Å². The van der Waals surface area contributed by atoms with E-state index in [2.05, 4.69) is 32.9 Å². The van der Waals surface area contributed by atoms with Crippen LogP contribution in [0, 0.1) is 0 Å². The van der Waals surface area contributed by atoms with Gasteiger partial charge in [0, 0.05) is 0 Å². The number of phenols is 2. The van der Waals surface area contributed by atoms with E-state index in [0.29, 0.717) is 11.5 Å². The summed E-state index contributed by atoms with van der Waals surface area (Å²) in [5.41, 5.74) is 3.75. The molecule has 0 saturated heterocycles. The summed E-state index contributed by atoms with van der Waals surface area (Å²) in [6, 6.07) is 13.2. The molecule has 2 N–H and O–H groups in total. The summed E-state index contributed by atoms with van der Waals surface area (Å²) in [4.78, 5) is 0. The fourth-order valence-corrected chi connectivity index (χ4v) is 2.90. The van der Waals surface area contributed by atoms with Crippen LogP contribution >= 0.6 is 0 Å². The Morgan fingerprint density at radius 2 is 1.12 bits per heavy atom. The number of hydrogen-bond acceptors (Lipinski definition) is 2. The van der Waals surface area contributed by atoms with Gasteiger partial charge >= 0.3 is 0 Å². The zero-order chi connectivity index (χ0) is 19.2. The number of aryl methyl sites for hydroxylation is 3. The van der Waals surface area contributed by atoms with E-state index in [4.69, 9.17) is 5.11 Å². The van der Waals surface area contributed by atoms with Crippen LogP contribution in [-0.4, -0.2) is 10.2 Å². The van der Waals surface area contributed by atoms with Crippen LogP contribution < -0.4 is 0 Å². The van der Waals surface area contributed by atoms with Gasteiger partial charge in [-0.25, -0.2) is 0 Å². The van der Waals surface area contributed by atoms with Gasteiger partial charge in [-0.15, -0.1) is 0 Å². The maximum absolute atomic E-state index is 10.4. The summed E-state index contributed by atoms with van der Waals surface area (Å²) in [6.45, 7) is 6.64. The molecule has 0 bridgehead atoms. The van der Waals surface area contributed by atoms with E-state index in [0.717, 1.165) is 32.1 Å². The fourth-order valence-electron chi connectivity index (χ4n) is 2.90. The molecule has 0 aliphatic heterocycles. The van der Waals surface area contributed by atoms with E-state index >= 15 is 0 Å². The normalized spacial score (nSPS) is 10.3. The van der Waals surface area contributed by atoms with Gasteiger partial charge in [-0.05, 0) is 67.3 Å². The van der Waals surface area contributed by atoms with Crippen molar-refractivity contribution in [2.24, 2.45) is 0 Å². The Bertz CT molecular complexity index is 576. The molecular formula is C24H36O2. The highest BCUT2D eigenvalue weighted by molar-refractivity contribution is 5.44. The average Bonchev–Trinajstić information content (AvgIpc) is 2.66. The maximum atomic E-state index is 10.4. The van der Waals surface area contributed by atoms with Crippen molar-refractivity contribution in [1.82, 2.24) is 0 Å². The van der Waals surface area contributed by atoms with Gasteiger partial charge in [0.1, 0.15) is 11.5 Å². The Labute approximate surface area is 159 Å². The second kappa shape index (κ2) is 13.3. The molecule has 0 spiro atoms. The minimum atomic E-state index is 0.322. The molecule has 0 radical (unpaired) electrons. The van der Waals surface area contributed by atoms with E-state index in [1.807, 2.05) is 6.07 Å². The highest BCUT2D eigenvalue weighted by Gasteiger charge is 2.09. The average molecular weight is 357 g/mol. The van der Waals surface area contributed by atoms with E-state index in [-0.39, 0.29) is 0 Å². The molecule has 144 valence electrons. The Kier molecular flexibility index (Phi) is 11.3. The highest BCUT2D eigenvalue weighted by Crippen LogP contribution is 2.28. The molecule has 2 heteroatoms. The van der Waals surface area contributed by atoms with Crippen LogP contribution in [0.15, 0.2) is 42.5 Å². The predicted octanol–water partition coefficient (Wildman–Crippen LogP) is 6.81. The van der Waals surface area contributed by atoms with Crippen molar-refractivity contribution in [2.75, 3.05) is 0 Å². The molecule has 2 aromatic rings. The van der Waals surface area contributed by atoms with Gasteiger partial charge in [0.2, 0.25) is 0 Å². The monoisotopic (exact) mass is 356 g/mol. The van der Waals surface area contributed by atoms with Gasteiger partial charge in [-0.1, -0.05) is 70.4 Å². The number of phenolic OH excluding ortho intramolecular Hbond substituents is 2. The molecule has 0 saturated carbocycles. The number of para-hydroxylation sites is 1. The van der Waals surface area contributed by atoms with Crippen LogP contribution in [0.3, 0.4) is 0 Å². The molecule has 2 rings (SSSR count). The fraction of sp³-hybridized carbons (Fsp3) is 0.500. The molecule has 2 nitrogen and oxygen atoms in total. The summed E-state index contributed by atoms with van der Waals surface area (Å²) >= 11 is 0. The van der Waals surface area contributed by atoms with Gasteiger partial charge < -0.3 is 10.2 Å². The molecule has 2 aromatic carbocycles. The predicted molar refractivity (Wildman–Crippen MR) is 112 cm³/mol. The van der Waals surface area contributed by atoms with Crippen molar-refractivity contribution in [3.8, 4) is 11.5 Å². The summed E-state index contributed by atoms with van der Waals surface area (Å²) in [6.07, 6.45) is 10.3. The molecule has 0 aliphatic carbocycles. The van der Waals surface area contributed by atoms with Crippen molar-refractivity contribution >= 4 is 0 Å². The summed E-state index contributed by atoms with van der Waals surface area (Å²) < 4.78 is 0. The van der Waals surface area contributed by atoms with Gasteiger partial charge in [0.15, 0.2) is 0 Å². The molecule has 0 aliphatic rings. The van der Waals surface area contributed by atoms with Crippen molar-refractivity contribution in [2.45, 2.75) is 78.6 Å². The first-order valence-electron chi connectivity index (χ1n) is 10.2. The van der Waals surface area contributed by atoms with Crippen LogP contribution in [0.2, 0.25) is 0 Å². The minimum Gasteiger partial charge on any atom is -0.508 e. The molecule has 0 amide bonds. The summed E-state index contributed by atoms with van der Waals surface area (Å²) in [5.74, 6) is 0.893. The Balaban J connectivity index is 0.000000401. The van der Waals surface area contributed by atoms with Crippen LogP contribution in [0.1, 0.15) is 76.0 Å². The van der Waals surface area contributed by atoms with Crippen molar-refractivity contribution in [3.63, 3.8) is 0 Å². The number of hydrogen-bond donors (Lipinski definition) is 2. The maximum Gasteiger partial charge on any atom is 0.121 e. The quantitative estimate of drug-likeness (QED) is 0.518. The standard InChI is InChI=1S/C18H30O.C6H6O/c1-4-7-10-15-13-16(11-8-5-2)18(19)17(14-15)12-9-6-3;7-6-4-2-1-3-5-6/h13-14,19H,4-12H2,1-3H3;1-5,7H. The van der Waals surface area contributed by atoms with Crippen LogP contribution in [0.5, 0.6) is 11.5 Å². The zero-order valence-corrected chi connectivity index (χ0v) is 16.8. The highest BCUT2D eigenvalue weighted by atomic mass is 16.3. The third kappa shape index (κ3) is 8.42. The lowest BCUT2D eigenvalue weighted by atomic mass is 9.95. The number of rotatable bonds is 9. The Morgan fingerprint density at radius 3 is 1.50 bits per heavy atom. The molecule has 0 atom stereocenters. The second-order valence-corrected chi connectivity index (χ2v) is 6.91. The Hall–Kier alpha value is -1.96. The Morgan fingerprint density at radius 1 is 0.654 bits per heavy atom. The largest absolute Gasteiger partial charge is 0.508 e. The van der Waals surface area contributed by atoms with E-state index in [1.54, 1.807) is 24.3 Å². The molecule has 0 fully saturated rings. The SMILES string of the molecule is CCCCc1cc(CCCC)c(O)c(CCCC)c1.Oc1ccccc1. The third-order valence-corrected chi connectivity index (χ3v) is 4.50. The topological polar surface area (TPSA) is 40.5 Å². The van der Waals surface area contributed by atoms with Crippen molar-refractivity contribution < 1.29 is 10.2 Å². The lowest BCUT2D eigenvalue weighted by Gasteiger charge is -2.13. The smallest absolute Gasteiger partial charge is 0.121 e. The summed E-state index contributed by atoms with van der Waals surface area (Å²) in [5, 5.41) is 19.0. The third-order valence-electron chi connectivity index (χ3n) is 4.50. The number of aromatic hydroxyl groups is 2. The minimum absolute atomic E-state index is 0.322. The lowest BCUT2D eigenvalue weighted by Crippen LogP contribution is -1.97. The van der Waals surface area contributed by atoms with Gasteiger partial charge in [-0.3, -0.25) is 0 Å². The van der Waals surface area contributed by atoms with Crippen LogP contribution in [0.25, 0.3) is 0 Å². The lowest BCUT2D eigenvalue weighted by molar-refractivity contribution is 0.458. The van der Waals surface area contributed by atoms with Gasteiger partial charge in [0.25, 0.3) is 0 Å². The van der Waals surface area contributed by atoms with Gasteiger partial charge in [-0.2, -0.15) is 0 Å². The molecule has 0 unspecified atom stereocenters. The first kappa shape index (κ1) is 22.1. The molecule has 0 heterocycles. The van der Waals surface area contributed by atoms with E-state index < -0.39 is 0 Å². The first-order chi connectivity index (χ1) is 12.6. The number of unbranched alkanes of at least 4 members (excludes halogenated alkanes) is 3. The molecule has 0 aromatic heterocycles.